The lowest BCUT2D eigenvalue weighted by atomic mass is 10.2. The lowest BCUT2D eigenvalue weighted by Gasteiger charge is -2.19. The number of anilines is 2. The van der Waals surface area contributed by atoms with Crippen molar-refractivity contribution in [1.29, 1.82) is 5.26 Å². The van der Waals surface area contributed by atoms with E-state index in [0.29, 0.717) is 0 Å². The maximum absolute atomic E-state index is 12.2. The number of thiophene rings is 1. The van der Waals surface area contributed by atoms with Crippen LogP contribution in [0.1, 0.15) is 21.7 Å². The van der Waals surface area contributed by atoms with Crippen molar-refractivity contribution < 1.29 is 22.7 Å². The SMILES string of the molecule is COC(=O)c1c(N(C)CCC(F)(F)F)sc(C#N)c1N. The molecule has 9 heteroatoms. The first-order valence-electron chi connectivity index (χ1n) is 5.39. The van der Waals surface area contributed by atoms with E-state index in [-0.39, 0.29) is 27.7 Å². The van der Waals surface area contributed by atoms with Crippen molar-refractivity contribution in [1.82, 2.24) is 0 Å². The van der Waals surface area contributed by atoms with E-state index < -0.39 is 18.6 Å². The smallest absolute Gasteiger partial charge is 0.390 e. The van der Waals surface area contributed by atoms with Gasteiger partial charge in [0.05, 0.1) is 19.2 Å². The zero-order valence-electron chi connectivity index (χ0n) is 10.7. The number of esters is 1. The number of carbonyl (C=O) groups is 1. The molecular weight excluding hydrogens is 295 g/mol. The number of rotatable bonds is 4. The Hall–Kier alpha value is -1.95. The molecule has 0 radical (unpaired) electrons. The molecule has 0 spiro atoms. The molecule has 0 aliphatic heterocycles. The number of alkyl halides is 3. The molecule has 110 valence electrons. The first-order valence-corrected chi connectivity index (χ1v) is 6.21. The number of carbonyl (C=O) groups excluding carboxylic acids is 1. The zero-order valence-corrected chi connectivity index (χ0v) is 11.6. The fourth-order valence-corrected chi connectivity index (χ4v) is 2.47. The second kappa shape index (κ2) is 6.00. The van der Waals surface area contributed by atoms with Gasteiger partial charge in [-0.2, -0.15) is 18.4 Å². The number of nitrogens with zero attached hydrogens (tertiary/aromatic N) is 2. The Bertz CT molecular complexity index is 548. The van der Waals surface area contributed by atoms with E-state index in [1.807, 2.05) is 0 Å². The quantitative estimate of drug-likeness (QED) is 0.864. The minimum atomic E-state index is -4.31. The van der Waals surface area contributed by atoms with Crippen LogP contribution in [0.15, 0.2) is 0 Å². The van der Waals surface area contributed by atoms with Crippen LogP contribution in [0, 0.1) is 11.3 Å². The van der Waals surface area contributed by atoms with Gasteiger partial charge in [0.2, 0.25) is 0 Å². The average molecular weight is 307 g/mol. The Balaban J connectivity index is 3.11. The van der Waals surface area contributed by atoms with Crippen LogP contribution in [0.25, 0.3) is 0 Å². The van der Waals surface area contributed by atoms with Crippen LogP contribution in [0.3, 0.4) is 0 Å². The highest BCUT2D eigenvalue weighted by Gasteiger charge is 2.30. The molecular formula is C11H12F3N3O2S. The van der Waals surface area contributed by atoms with Gasteiger partial charge in [-0.15, -0.1) is 11.3 Å². The van der Waals surface area contributed by atoms with Gasteiger partial charge in [-0.05, 0) is 0 Å². The molecule has 1 heterocycles. The fraction of sp³-hybridized carbons (Fsp3) is 0.455. The second-order valence-corrected chi connectivity index (χ2v) is 4.91. The predicted molar refractivity (Wildman–Crippen MR) is 68.7 cm³/mol. The lowest BCUT2D eigenvalue weighted by Crippen LogP contribution is -2.24. The van der Waals surface area contributed by atoms with E-state index in [9.17, 15) is 18.0 Å². The van der Waals surface area contributed by atoms with Crippen LogP contribution in [0.2, 0.25) is 0 Å². The highest BCUT2D eigenvalue weighted by Crippen LogP contribution is 2.38. The summed E-state index contributed by atoms with van der Waals surface area (Å²) in [7, 11) is 2.52. The number of hydrogen-bond acceptors (Lipinski definition) is 6. The summed E-state index contributed by atoms with van der Waals surface area (Å²) in [5.41, 5.74) is 5.51. The molecule has 0 aliphatic carbocycles. The fourth-order valence-electron chi connectivity index (χ4n) is 1.48. The van der Waals surface area contributed by atoms with E-state index in [1.54, 1.807) is 6.07 Å². The van der Waals surface area contributed by atoms with Crippen molar-refractivity contribution in [3.8, 4) is 6.07 Å². The summed E-state index contributed by atoms with van der Waals surface area (Å²) in [5, 5.41) is 9.07. The third-order valence-electron chi connectivity index (χ3n) is 2.50. The van der Waals surface area contributed by atoms with E-state index in [4.69, 9.17) is 11.0 Å². The van der Waals surface area contributed by atoms with Gasteiger partial charge in [0.1, 0.15) is 21.5 Å². The van der Waals surface area contributed by atoms with Crippen molar-refractivity contribution in [2.45, 2.75) is 12.6 Å². The van der Waals surface area contributed by atoms with E-state index in [2.05, 4.69) is 4.74 Å². The molecule has 0 saturated carbocycles. The predicted octanol–water partition coefficient (Wildman–Crippen LogP) is 2.38. The molecule has 0 amide bonds. The number of nitrogen functional groups attached to an aromatic ring is 1. The molecule has 2 N–H and O–H groups in total. The van der Waals surface area contributed by atoms with Crippen molar-refractivity contribution in [3.63, 3.8) is 0 Å². The number of hydrogen-bond donors (Lipinski definition) is 1. The molecule has 0 bridgehead atoms. The van der Waals surface area contributed by atoms with E-state index in [0.717, 1.165) is 18.4 Å². The van der Waals surface area contributed by atoms with Gasteiger partial charge >= 0.3 is 12.1 Å². The number of nitrogens with two attached hydrogens (primary N) is 1. The van der Waals surface area contributed by atoms with Crippen molar-refractivity contribution in [3.05, 3.63) is 10.4 Å². The molecule has 0 aliphatic rings. The van der Waals surface area contributed by atoms with Crippen molar-refractivity contribution >= 4 is 28.0 Å². The topological polar surface area (TPSA) is 79.3 Å². The van der Waals surface area contributed by atoms with Crippen molar-refractivity contribution in [2.75, 3.05) is 31.3 Å². The van der Waals surface area contributed by atoms with Gasteiger partial charge in [0, 0.05) is 13.6 Å². The largest absolute Gasteiger partial charge is 0.465 e. The first-order chi connectivity index (χ1) is 9.21. The van der Waals surface area contributed by atoms with Crippen LogP contribution < -0.4 is 10.6 Å². The molecule has 0 unspecified atom stereocenters. The molecule has 0 fully saturated rings. The number of methoxy groups -OCH3 is 1. The highest BCUT2D eigenvalue weighted by molar-refractivity contribution is 7.17. The third kappa shape index (κ3) is 3.54. The number of nitriles is 1. The highest BCUT2D eigenvalue weighted by atomic mass is 32.1. The molecule has 20 heavy (non-hydrogen) atoms. The summed E-state index contributed by atoms with van der Waals surface area (Å²) in [5.74, 6) is -0.783. The second-order valence-electron chi connectivity index (χ2n) is 3.92. The standard InChI is InChI=1S/C11H12F3N3O2S/c1-17(4-3-11(12,13)14)9-7(10(18)19-2)8(16)6(5-15)20-9/h3-4,16H2,1-2H3. The van der Waals surface area contributed by atoms with Crippen molar-refractivity contribution in [2.24, 2.45) is 0 Å². The third-order valence-corrected chi connectivity index (χ3v) is 3.72. The summed E-state index contributed by atoms with van der Waals surface area (Å²) in [6, 6.07) is 1.80. The van der Waals surface area contributed by atoms with E-state index >= 15 is 0 Å². The van der Waals surface area contributed by atoms with Gasteiger partial charge in [-0.25, -0.2) is 4.79 Å². The average Bonchev–Trinajstić information content (AvgIpc) is 2.71. The van der Waals surface area contributed by atoms with Crippen LogP contribution in [-0.2, 0) is 4.74 Å². The Labute approximate surface area is 117 Å². The van der Waals surface area contributed by atoms with Gasteiger partial charge in [-0.1, -0.05) is 0 Å². The molecule has 1 aromatic heterocycles. The monoisotopic (exact) mass is 307 g/mol. The summed E-state index contributed by atoms with van der Waals surface area (Å²) >= 11 is 0.860. The summed E-state index contributed by atoms with van der Waals surface area (Å²) in [6.45, 7) is -0.349. The van der Waals surface area contributed by atoms with Gasteiger partial charge < -0.3 is 15.4 Å². The number of halogens is 3. The molecule has 5 nitrogen and oxygen atoms in total. The Morgan fingerprint density at radius 2 is 2.15 bits per heavy atom. The van der Waals surface area contributed by atoms with Crippen LogP contribution in [0.5, 0.6) is 0 Å². The van der Waals surface area contributed by atoms with Gasteiger partial charge in [0.15, 0.2) is 0 Å². The number of ether oxygens (including phenoxy) is 1. The van der Waals surface area contributed by atoms with Crippen LogP contribution in [-0.4, -0.2) is 32.8 Å². The zero-order chi connectivity index (χ0) is 15.5. The Morgan fingerprint density at radius 1 is 1.55 bits per heavy atom. The van der Waals surface area contributed by atoms with Gasteiger partial charge in [-0.3, -0.25) is 0 Å². The van der Waals surface area contributed by atoms with E-state index in [1.165, 1.54) is 11.9 Å². The minimum absolute atomic E-state index is 0.0688. The maximum Gasteiger partial charge on any atom is 0.390 e. The summed E-state index contributed by atoms with van der Waals surface area (Å²) in [6.07, 6.45) is -5.34. The molecule has 1 aromatic rings. The van der Waals surface area contributed by atoms with Crippen LogP contribution >= 0.6 is 11.3 Å². The van der Waals surface area contributed by atoms with Gasteiger partial charge in [0.25, 0.3) is 0 Å². The molecule has 0 saturated heterocycles. The normalized spacial score (nSPS) is 11.0. The molecule has 0 atom stereocenters. The maximum atomic E-state index is 12.2. The Kier molecular flexibility index (Phi) is 4.83. The molecule has 1 rings (SSSR count). The first kappa shape index (κ1) is 16.1. The summed E-state index contributed by atoms with van der Waals surface area (Å²) < 4.78 is 41.2. The minimum Gasteiger partial charge on any atom is -0.465 e. The summed E-state index contributed by atoms with van der Waals surface area (Å²) in [4.78, 5) is 12.9. The molecule has 0 aromatic carbocycles. The Morgan fingerprint density at radius 3 is 2.60 bits per heavy atom. The van der Waals surface area contributed by atoms with Crippen LogP contribution in [0.4, 0.5) is 23.9 Å². The lowest BCUT2D eigenvalue weighted by molar-refractivity contribution is -0.132.